The number of halogens is 1. The number of hydrogen-bond donors (Lipinski definition) is 2. The smallest absolute Gasteiger partial charge is 0.268 e. The molecule has 0 atom stereocenters. The maximum absolute atomic E-state index is 13.6. The van der Waals surface area contributed by atoms with Crippen LogP contribution in [0.15, 0.2) is 41.3 Å². The molecule has 1 aromatic heterocycles. The number of rotatable bonds is 3. The number of aryl methyl sites for hydroxylation is 1. The van der Waals surface area contributed by atoms with Gasteiger partial charge in [0, 0.05) is 5.69 Å². The van der Waals surface area contributed by atoms with Crippen LogP contribution < -0.4 is 10.5 Å². The zero-order valence-corrected chi connectivity index (χ0v) is 10.9. The largest absolute Gasteiger partial charge is 0.398 e. The molecule has 2 rings (SSSR count). The zero-order valence-electron chi connectivity index (χ0n) is 10.1. The molecule has 0 saturated carbocycles. The third-order valence-electron chi connectivity index (χ3n) is 2.39. The van der Waals surface area contributed by atoms with Crippen molar-refractivity contribution in [3.8, 4) is 0 Å². The standard InChI is InChI=1S/C12H12FN3O2S/c1-8-4-2-7-11(15-8)16-19(17,18)12-9(13)5-3-6-10(12)14/h2-7H,14H2,1H3,(H,15,16). The first-order valence-electron chi connectivity index (χ1n) is 5.40. The molecular formula is C12H12FN3O2S. The molecule has 0 bridgehead atoms. The Morgan fingerprint density at radius 3 is 2.53 bits per heavy atom. The van der Waals surface area contributed by atoms with E-state index in [2.05, 4.69) is 9.71 Å². The van der Waals surface area contributed by atoms with Gasteiger partial charge in [-0.15, -0.1) is 0 Å². The lowest BCUT2D eigenvalue weighted by molar-refractivity contribution is 0.571. The molecule has 0 radical (unpaired) electrons. The highest BCUT2D eigenvalue weighted by Crippen LogP contribution is 2.23. The van der Waals surface area contributed by atoms with Gasteiger partial charge in [-0.1, -0.05) is 12.1 Å². The normalized spacial score (nSPS) is 11.3. The van der Waals surface area contributed by atoms with Crippen LogP contribution in [0.2, 0.25) is 0 Å². The number of nitrogens with two attached hydrogens (primary N) is 1. The molecule has 19 heavy (non-hydrogen) atoms. The van der Waals surface area contributed by atoms with Crippen molar-refractivity contribution < 1.29 is 12.8 Å². The van der Waals surface area contributed by atoms with Crippen LogP contribution in [0.3, 0.4) is 0 Å². The van der Waals surface area contributed by atoms with Crippen molar-refractivity contribution in [2.45, 2.75) is 11.8 Å². The average Bonchev–Trinajstić information content (AvgIpc) is 2.27. The van der Waals surface area contributed by atoms with Crippen molar-refractivity contribution in [1.29, 1.82) is 0 Å². The van der Waals surface area contributed by atoms with E-state index in [-0.39, 0.29) is 11.5 Å². The number of aromatic nitrogens is 1. The first-order valence-corrected chi connectivity index (χ1v) is 6.89. The molecule has 0 aliphatic heterocycles. The number of anilines is 2. The second kappa shape index (κ2) is 4.85. The Morgan fingerprint density at radius 1 is 1.21 bits per heavy atom. The molecule has 1 aromatic carbocycles. The van der Waals surface area contributed by atoms with E-state index >= 15 is 0 Å². The van der Waals surface area contributed by atoms with Gasteiger partial charge in [0.1, 0.15) is 16.5 Å². The van der Waals surface area contributed by atoms with Gasteiger partial charge >= 0.3 is 0 Å². The van der Waals surface area contributed by atoms with Gasteiger partial charge in [-0.3, -0.25) is 4.72 Å². The average molecular weight is 281 g/mol. The summed E-state index contributed by atoms with van der Waals surface area (Å²) in [6.07, 6.45) is 0. The van der Waals surface area contributed by atoms with Crippen LogP contribution in [0.4, 0.5) is 15.9 Å². The topological polar surface area (TPSA) is 85.1 Å². The van der Waals surface area contributed by atoms with E-state index < -0.39 is 20.7 Å². The Morgan fingerprint density at radius 2 is 1.89 bits per heavy atom. The fraction of sp³-hybridized carbons (Fsp3) is 0.0833. The molecule has 0 spiro atoms. The van der Waals surface area contributed by atoms with Crippen molar-refractivity contribution in [1.82, 2.24) is 4.98 Å². The van der Waals surface area contributed by atoms with Crippen molar-refractivity contribution >= 4 is 21.5 Å². The van der Waals surface area contributed by atoms with Crippen LogP contribution >= 0.6 is 0 Å². The number of sulfonamides is 1. The number of nitrogens with zero attached hydrogens (tertiary/aromatic N) is 1. The van der Waals surface area contributed by atoms with Gasteiger partial charge in [0.05, 0.1) is 5.69 Å². The van der Waals surface area contributed by atoms with Gasteiger partial charge in [-0.25, -0.2) is 17.8 Å². The van der Waals surface area contributed by atoms with Gasteiger partial charge in [-0.05, 0) is 31.2 Å². The first-order chi connectivity index (χ1) is 8.90. The summed E-state index contributed by atoms with van der Waals surface area (Å²) in [6, 6.07) is 8.53. The van der Waals surface area contributed by atoms with E-state index in [4.69, 9.17) is 5.73 Å². The third kappa shape index (κ3) is 2.82. The molecule has 0 aliphatic rings. The monoisotopic (exact) mass is 281 g/mol. The summed E-state index contributed by atoms with van der Waals surface area (Å²) in [6.45, 7) is 1.72. The Labute approximate surface area is 110 Å². The number of nitrogen functional groups attached to an aromatic ring is 1. The van der Waals surface area contributed by atoms with Crippen LogP contribution in [-0.2, 0) is 10.0 Å². The molecule has 0 aliphatic carbocycles. The van der Waals surface area contributed by atoms with E-state index in [0.29, 0.717) is 5.69 Å². The van der Waals surface area contributed by atoms with E-state index in [1.54, 1.807) is 19.1 Å². The summed E-state index contributed by atoms with van der Waals surface area (Å²) in [5.74, 6) is -0.789. The quantitative estimate of drug-likeness (QED) is 0.842. The molecular weight excluding hydrogens is 269 g/mol. The Balaban J connectivity index is 2.44. The fourth-order valence-electron chi connectivity index (χ4n) is 1.60. The van der Waals surface area contributed by atoms with Crippen LogP contribution in [0, 0.1) is 12.7 Å². The van der Waals surface area contributed by atoms with E-state index in [9.17, 15) is 12.8 Å². The Bertz CT molecular complexity index is 696. The SMILES string of the molecule is Cc1cccc(NS(=O)(=O)c2c(N)cccc2F)n1. The predicted octanol–water partition coefficient (Wildman–Crippen LogP) is 1.91. The fourth-order valence-corrected chi connectivity index (χ4v) is 2.79. The molecule has 0 unspecified atom stereocenters. The zero-order chi connectivity index (χ0) is 14.0. The summed E-state index contributed by atoms with van der Waals surface area (Å²) in [5.41, 5.74) is 6.00. The first kappa shape index (κ1) is 13.3. The molecule has 7 heteroatoms. The maximum atomic E-state index is 13.6. The lowest BCUT2D eigenvalue weighted by Crippen LogP contribution is -2.17. The van der Waals surface area contributed by atoms with E-state index in [1.807, 2.05) is 0 Å². The predicted molar refractivity (Wildman–Crippen MR) is 70.6 cm³/mol. The van der Waals surface area contributed by atoms with Gasteiger partial charge in [0.2, 0.25) is 0 Å². The molecule has 1 heterocycles. The van der Waals surface area contributed by atoms with Gasteiger partial charge in [-0.2, -0.15) is 0 Å². The van der Waals surface area contributed by atoms with Gasteiger partial charge in [0.25, 0.3) is 10.0 Å². The lowest BCUT2D eigenvalue weighted by atomic mass is 10.3. The summed E-state index contributed by atoms with van der Waals surface area (Å²) < 4.78 is 40.0. The second-order valence-electron chi connectivity index (χ2n) is 3.93. The van der Waals surface area contributed by atoms with Crippen LogP contribution in [0.25, 0.3) is 0 Å². The summed E-state index contributed by atoms with van der Waals surface area (Å²) in [7, 11) is -4.10. The van der Waals surface area contributed by atoms with E-state index in [1.165, 1.54) is 18.2 Å². The molecule has 3 N–H and O–H groups in total. The molecule has 0 saturated heterocycles. The molecule has 0 amide bonds. The highest BCUT2D eigenvalue weighted by atomic mass is 32.2. The minimum atomic E-state index is -4.10. The Kier molecular flexibility index (Phi) is 3.39. The Hall–Kier alpha value is -2.15. The van der Waals surface area contributed by atoms with Crippen molar-refractivity contribution in [2.24, 2.45) is 0 Å². The second-order valence-corrected chi connectivity index (χ2v) is 5.55. The summed E-state index contributed by atoms with van der Waals surface area (Å²) in [4.78, 5) is 3.42. The minimum absolute atomic E-state index is 0.114. The molecule has 0 fully saturated rings. The highest BCUT2D eigenvalue weighted by molar-refractivity contribution is 7.92. The van der Waals surface area contributed by atoms with Crippen LogP contribution in [0.1, 0.15) is 5.69 Å². The number of pyridine rings is 1. The van der Waals surface area contributed by atoms with E-state index in [0.717, 1.165) is 6.07 Å². The molecule has 100 valence electrons. The van der Waals surface area contributed by atoms with Crippen LogP contribution in [-0.4, -0.2) is 13.4 Å². The highest BCUT2D eigenvalue weighted by Gasteiger charge is 2.22. The third-order valence-corrected chi connectivity index (χ3v) is 3.84. The van der Waals surface area contributed by atoms with Crippen LogP contribution in [0.5, 0.6) is 0 Å². The van der Waals surface area contributed by atoms with Gasteiger partial charge in [0.15, 0.2) is 0 Å². The summed E-state index contributed by atoms with van der Waals surface area (Å²) in [5, 5.41) is 0. The minimum Gasteiger partial charge on any atom is -0.398 e. The number of benzene rings is 1. The van der Waals surface area contributed by atoms with Crippen molar-refractivity contribution in [3.05, 3.63) is 47.9 Å². The van der Waals surface area contributed by atoms with Crippen molar-refractivity contribution in [2.75, 3.05) is 10.5 Å². The van der Waals surface area contributed by atoms with Gasteiger partial charge < -0.3 is 5.73 Å². The summed E-state index contributed by atoms with van der Waals surface area (Å²) >= 11 is 0. The number of nitrogens with one attached hydrogen (secondary N) is 1. The van der Waals surface area contributed by atoms with Crippen molar-refractivity contribution in [3.63, 3.8) is 0 Å². The number of hydrogen-bond acceptors (Lipinski definition) is 4. The lowest BCUT2D eigenvalue weighted by Gasteiger charge is -2.10. The molecule has 2 aromatic rings. The molecule has 5 nitrogen and oxygen atoms in total. The maximum Gasteiger partial charge on any atom is 0.268 e.